The molecule has 1 aromatic rings. The summed E-state index contributed by atoms with van der Waals surface area (Å²) in [4.78, 5) is 12.1. The molecule has 3 nitrogen and oxygen atoms in total. The molecule has 4 rings (SSSR count). The van der Waals surface area contributed by atoms with Gasteiger partial charge in [-0.2, -0.15) is 0 Å². The van der Waals surface area contributed by atoms with Gasteiger partial charge in [-0.05, 0) is 80.0 Å². The first-order valence-electron chi connectivity index (χ1n) is 8.59. The third kappa shape index (κ3) is 2.05. The topological polar surface area (TPSA) is 57.5 Å². The Labute approximate surface area is 136 Å². The van der Waals surface area contributed by atoms with Crippen molar-refractivity contribution < 1.29 is 15.0 Å². The monoisotopic (exact) mass is 310 g/mol. The first-order chi connectivity index (χ1) is 11.0. The number of phenols is 1. The van der Waals surface area contributed by atoms with Crippen LogP contribution in [0.5, 0.6) is 5.75 Å². The average Bonchev–Trinajstić information content (AvgIpc) is 2.84. The first kappa shape index (κ1) is 14.8. The Morgan fingerprint density at radius 1 is 1.22 bits per heavy atom. The van der Waals surface area contributed by atoms with E-state index < -0.39 is 5.60 Å². The second kappa shape index (κ2) is 5.11. The highest BCUT2D eigenvalue weighted by Crippen LogP contribution is 2.56. The molecule has 0 spiro atoms. The number of aliphatic hydroxyl groups is 1. The maximum atomic E-state index is 12.1. The number of fused-ring (bicyclic) bond motifs is 5. The Hall–Kier alpha value is -1.79. The van der Waals surface area contributed by atoms with Gasteiger partial charge in [0.1, 0.15) is 11.4 Å². The highest BCUT2D eigenvalue weighted by atomic mass is 16.3. The molecule has 2 N–H and O–H groups in total. The van der Waals surface area contributed by atoms with Crippen LogP contribution in [0.2, 0.25) is 0 Å². The molecule has 0 saturated heterocycles. The minimum atomic E-state index is -1.07. The number of phenolic OH excluding ortho intramolecular Hbond substituents is 1. The molecule has 0 heterocycles. The van der Waals surface area contributed by atoms with Crippen LogP contribution >= 0.6 is 0 Å². The van der Waals surface area contributed by atoms with Gasteiger partial charge in [0, 0.05) is 6.42 Å². The van der Waals surface area contributed by atoms with Crippen LogP contribution in [0, 0.1) is 23.7 Å². The molecule has 3 aliphatic carbocycles. The number of aromatic hydroxyl groups is 1. The molecule has 0 bridgehead atoms. The zero-order valence-corrected chi connectivity index (χ0v) is 13.4. The van der Waals surface area contributed by atoms with Gasteiger partial charge in [-0.3, -0.25) is 4.79 Å². The van der Waals surface area contributed by atoms with Crippen LogP contribution in [0.3, 0.4) is 0 Å². The molecular formula is C20H22O3. The molecule has 0 aliphatic heterocycles. The maximum absolute atomic E-state index is 12.1. The van der Waals surface area contributed by atoms with Gasteiger partial charge in [-0.1, -0.05) is 5.92 Å². The van der Waals surface area contributed by atoms with Crippen molar-refractivity contribution in [3.63, 3.8) is 0 Å². The highest BCUT2D eigenvalue weighted by molar-refractivity contribution is 5.89. The standard InChI is InChI=1S/C20H22O3/c1-2-3-13-10-16-12(11-18(13)21)4-5-15-14(16)8-9-20(23)17(15)6-7-19(20)22/h10-11,14-15,17,21,23H,4-9H2,1H3/t14?,15?,17?,20-/m1/s1. The van der Waals surface area contributed by atoms with Crippen molar-refractivity contribution in [1.82, 2.24) is 0 Å². The number of rotatable bonds is 0. The van der Waals surface area contributed by atoms with Crippen molar-refractivity contribution in [3.8, 4) is 17.6 Å². The van der Waals surface area contributed by atoms with E-state index in [1.807, 2.05) is 12.1 Å². The zero-order valence-electron chi connectivity index (χ0n) is 13.4. The zero-order chi connectivity index (χ0) is 16.2. The fourth-order valence-electron chi connectivity index (χ4n) is 5.27. The van der Waals surface area contributed by atoms with Gasteiger partial charge in [0.15, 0.2) is 5.78 Å². The predicted octanol–water partition coefficient (Wildman–Crippen LogP) is 2.91. The van der Waals surface area contributed by atoms with Crippen molar-refractivity contribution in [2.75, 3.05) is 0 Å². The summed E-state index contributed by atoms with van der Waals surface area (Å²) < 4.78 is 0. The van der Waals surface area contributed by atoms with Crippen molar-refractivity contribution in [2.45, 2.75) is 57.0 Å². The number of ketones is 1. The van der Waals surface area contributed by atoms with Gasteiger partial charge in [0.25, 0.3) is 0 Å². The quantitative estimate of drug-likeness (QED) is 0.724. The van der Waals surface area contributed by atoms with Crippen LogP contribution in [0.1, 0.15) is 61.6 Å². The van der Waals surface area contributed by atoms with Gasteiger partial charge in [0.05, 0.1) is 5.56 Å². The minimum absolute atomic E-state index is 0.0509. The van der Waals surface area contributed by atoms with Crippen LogP contribution in [-0.4, -0.2) is 21.6 Å². The van der Waals surface area contributed by atoms with Gasteiger partial charge >= 0.3 is 0 Å². The molecule has 0 amide bonds. The van der Waals surface area contributed by atoms with E-state index in [0.717, 1.165) is 25.7 Å². The van der Waals surface area contributed by atoms with Crippen molar-refractivity contribution in [1.29, 1.82) is 0 Å². The average molecular weight is 310 g/mol. The third-order valence-corrected chi connectivity index (χ3v) is 6.31. The Morgan fingerprint density at radius 3 is 2.83 bits per heavy atom. The summed E-state index contributed by atoms with van der Waals surface area (Å²) in [5.74, 6) is 7.02. The number of benzene rings is 1. The number of carbonyl (C=O) groups is 1. The first-order valence-corrected chi connectivity index (χ1v) is 8.59. The Morgan fingerprint density at radius 2 is 2.04 bits per heavy atom. The molecule has 3 aliphatic rings. The molecule has 0 radical (unpaired) electrons. The number of hydrogen-bond acceptors (Lipinski definition) is 3. The summed E-state index contributed by atoms with van der Waals surface area (Å²) in [5.41, 5.74) is 2.11. The van der Waals surface area contributed by atoms with E-state index in [2.05, 4.69) is 11.8 Å². The molecule has 2 fully saturated rings. The highest BCUT2D eigenvalue weighted by Gasteiger charge is 2.56. The number of carbonyl (C=O) groups excluding carboxylic acids is 1. The minimum Gasteiger partial charge on any atom is -0.507 e. The lowest BCUT2D eigenvalue weighted by atomic mass is 9.59. The van der Waals surface area contributed by atoms with E-state index >= 15 is 0 Å². The van der Waals surface area contributed by atoms with Crippen LogP contribution < -0.4 is 0 Å². The van der Waals surface area contributed by atoms with E-state index in [0.29, 0.717) is 30.2 Å². The van der Waals surface area contributed by atoms with Crippen LogP contribution in [0.15, 0.2) is 12.1 Å². The molecule has 0 aromatic heterocycles. The molecule has 3 heteroatoms. The Bertz CT molecular complexity index is 739. The second-order valence-corrected chi connectivity index (χ2v) is 7.28. The summed E-state index contributed by atoms with van der Waals surface area (Å²) >= 11 is 0. The summed E-state index contributed by atoms with van der Waals surface area (Å²) in [5, 5.41) is 21.0. The van der Waals surface area contributed by atoms with E-state index in [9.17, 15) is 15.0 Å². The van der Waals surface area contributed by atoms with Gasteiger partial charge in [0.2, 0.25) is 0 Å². The molecule has 4 atom stereocenters. The number of hydrogen-bond donors (Lipinski definition) is 2. The lowest BCUT2D eigenvalue weighted by Gasteiger charge is -2.47. The lowest BCUT2D eigenvalue weighted by molar-refractivity contribution is -0.143. The predicted molar refractivity (Wildman–Crippen MR) is 87.1 cm³/mol. The molecule has 2 saturated carbocycles. The maximum Gasteiger partial charge on any atom is 0.164 e. The van der Waals surface area contributed by atoms with Crippen molar-refractivity contribution >= 4 is 5.78 Å². The van der Waals surface area contributed by atoms with E-state index in [-0.39, 0.29) is 17.5 Å². The van der Waals surface area contributed by atoms with Gasteiger partial charge in [-0.25, -0.2) is 0 Å². The summed E-state index contributed by atoms with van der Waals surface area (Å²) in [6.07, 6.45) is 4.68. The molecular weight excluding hydrogens is 288 g/mol. The Kier molecular flexibility index (Phi) is 3.28. The van der Waals surface area contributed by atoms with E-state index in [4.69, 9.17) is 0 Å². The molecule has 120 valence electrons. The van der Waals surface area contributed by atoms with Crippen LogP contribution in [-0.2, 0) is 11.2 Å². The van der Waals surface area contributed by atoms with Crippen molar-refractivity contribution in [2.24, 2.45) is 11.8 Å². The van der Waals surface area contributed by atoms with Crippen LogP contribution in [0.25, 0.3) is 0 Å². The largest absolute Gasteiger partial charge is 0.507 e. The Balaban J connectivity index is 1.75. The van der Waals surface area contributed by atoms with Gasteiger partial charge < -0.3 is 10.2 Å². The van der Waals surface area contributed by atoms with Crippen LogP contribution in [0.4, 0.5) is 0 Å². The summed E-state index contributed by atoms with van der Waals surface area (Å²) in [6.45, 7) is 1.77. The summed E-state index contributed by atoms with van der Waals surface area (Å²) in [7, 11) is 0. The van der Waals surface area contributed by atoms with E-state index in [1.165, 1.54) is 11.1 Å². The van der Waals surface area contributed by atoms with E-state index in [1.54, 1.807) is 6.92 Å². The lowest BCUT2D eigenvalue weighted by Crippen LogP contribution is -2.49. The van der Waals surface area contributed by atoms with Gasteiger partial charge in [-0.15, -0.1) is 5.92 Å². The number of Topliss-reactive ketones (excluding diaryl/α,β-unsaturated/α-hetero) is 1. The molecule has 23 heavy (non-hydrogen) atoms. The number of aryl methyl sites for hydroxylation is 1. The SMILES string of the molecule is CC#Cc1cc2c(cc1O)CCC1C2CC[C@]2(O)C(=O)CCC12. The van der Waals surface area contributed by atoms with Crippen molar-refractivity contribution in [3.05, 3.63) is 28.8 Å². The summed E-state index contributed by atoms with van der Waals surface area (Å²) in [6, 6.07) is 3.91. The fraction of sp³-hybridized carbons (Fsp3) is 0.550. The smallest absolute Gasteiger partial charge is 0.164 e. The second-order valence-electron chi connectivity index (χ2n) is 7.28. The fourth-order valence-corrected chi connectivity index (χ4v) is 5.27. The third-order valence-electron chi connectivity index (χ3n) is 6.31. The molecule has 3 unspecified atom stereocenters. The molecule has 1 aromatic carbocycles. The normalized spacial score (nSPS) is 34.9.